The molecule has 0 aromatic carbocycles. The average Bonchev–Trinajstić information content (AvgIpc) is 2.03. The molecule has 4 heteroatoms. The molecule has 12 heavy (non-hydrogen) atoms. The fourth-order valence-corrected chi connectivity index (χ4v) is 1.41. The first-order valence-electron chi connectivity index (χ1n) is 3.71. The zero-order valence-corrected chi connectivity index (χ0v) is 8.23. The van der Waals surface area contributed by atoms with Gasteiger partial charge < -0.3 is 5.73 Å². The van der Waals surface area contributed by atoms with Crippen LogP contribution in [0.25, 0.3) is 0 Å². The summed E-state index contributed by atoms with van der Waals surface area (Å²) in [6, 6.07) is 1.55. The van der Waals surface area contributed by atoms with Crippen molar-refractivity contribution in [3.63, 3.8) is 0 Å². The predicted octanol–water partition coefficient (Wildman–Crippen LogP) is 2.80. The molecule has 66 valence electrons. The van der Waals surface area contributed by atoms with Crippen LogP contribution in [0.2, 0.25) is 10.0 Å². The van der Waals surface area contributed by atoms with Crippen molar-refractivity contribution >= 4 is 23.2 Å². The molecule has 0 saturated carbocycles. The van der Waals surface area contributed by atoms with E-state index in [1.54, 1.807) is 12.3 Å². The number of pyridine rings is 1. The molecule has 0 saturated heterocycles. The molecule has 1 unspecified atom stereocenters. The van der Waals surface area contributed by atoms with Gasteiger partial charge in [-0.3, -0.25) is 4.98 Å². The van der Waals surface area contributed by atoms with Crippen molar-refractivity contribution in [2.75, 3.05) is 0 Å². The van der Waals surface area contributed by atoms with Gasteiger partial charge in [0.25, 0.3) is 0 Å². The maximum Gasteiger partial charge on any atom is 0.0757 e. The van der Waals surface area contributed by atoms with Crippen LogP contribution in [-0.4, -0.2) is 4.98 Å². The second kappa shape index (κ2) is 4.08. The minimum atomic E-state index is -0.102. The SMILES string of the molecule is CCC(N)c1ncc(Cl)cc1Cl. The second-order valence-electron chi connectivity index (χ2n) is 2.54. The summed E-state index contributed by atoms with van der Waals surface area (Å²) in [5.41, 5.74) is 6.47. The van der Waals surface area contributed by atoms with Crippen LogP contribution in [-0.2, 0) is 0 Å². The Morgan fingerprint density at radius 1 is 1.58 bits per heavy atom. The van der Waals surface area contributed by atoms with Gasteiger partial charge in [-0.15, -0.1) is 0 Å². The fourth-order valence-electron chi connectivity index (χ4n) is 0.891. The molecule has 0 aliphatic carbocycles. The maximum absolute atomic E-state index is 5.88. The number of halogens is 2. The van der Waals surface area contributed by atoms with Gasteiger partial charge in [0.15, 0.2) is 0 Å². The molecule has 2 N–H and O–H groups in total. The van der Waals surface area contributed by atoms with Gasteiger partial charge in [0.05, 0.1) is 15.7 Å². The normalized spacial score (nSPS) is 13.0. The van der Waals surface area contributed by atoms with E-state index >= 15 is 0 Å². The molecule has 0 aliphatic heterocycles. The van der Waals surface area contributed by atoms with E-state index in [-0.39, 0.29) is 6.04 Å². The third-order valence-corrected chi connectivity index (χ3v) is 2.14. The Balaban J connectivity index is 3.01. The van der Waals surface area contributed by atoms with Crippen molar-refractivity contribution in [2.24, 2.45) is 5.73 Å². The molecule has 1 aromatic heterocycles. The zero-order chi connectivity index (χ0) is 9.14. The lowest BCUT2D eigenvalue weighted by atomic mass is 10.1. The van der Waals surface area contributed by atoms with Crippen molar-refractivity contribution in [3.05, 3.63) is 28.0 Å². The highest BCUT2D eigenvalue weighted by molar-refractivity contribution is 6.34. The van der Waals surface area contributed by atoms with Gasteiger partial charge in [-0.05, 0) is 12.5 Å². The van der Waals surface area contributed by atoms with Gasteiger partial charge in [0, 0.05) is 12.2 Å². The molecule has 1 atom stereocenters. The molecule has 2 nitrogen and oxygen atoms in total. The van der Waals surface area contributed by atoms with Crippen LogP contribution in [0.1, 0.15) is 25.1 Å². The van der Waals surface area contributed by atoms with E-state index < -0.39 is 0 Å². The van der Waals surface area contributed by atoms with Gasteiger partial charge >= 0.3 is 0 Å². The van der Waals surface area contributed by atoms with Crippen molar-refractivity contribution in [2.45, 2.75) is 19.4 Å². The van der Waals surface area contributed by atoms with Gasteiger partial charge in [-0.1, -0.05) is 30.1 Å². The summed E-state index contributed by atoms with van der Waals surface area (Å²) in [4.78, 5) is 4.06. The Morgan fingerprint density at radius 3 is 2.75 bits per heavy atom. The Morgan fingerprint density at radius 2 is 2.25 bits per heavy atom. The van der Waals surface area contributed by atoms with Crippen LogP contribution < -0.4 is 5.73 Å². The maximum atomic E-state index is 5.88. The molecular weight excluding hydrogens is 195 g/mol. The lowest BCUT2D eigenvalue weighted by Gasteiger charge is -2.09. The second-order valence-corrected chi connectivity index (χ2v) is 3.38. The molecule has 0 amide bonds. The lowest BCUT2D eigenvalue weighted by molar-refractivity contribution is 0.676. The highest BCUT2D eigenvalue weighted by Crippen LogP contribution is 2.23. The van der Waals surface area contributed by atoms with E-state index in [0.29, 0.717) is 15.7 Å². The molecular formula is C8H10Cl2N2. The third-order valence-electron chi connectivity index (χ3n) is 1.63. The Bertz CT molecular complexity index is 276. The first-order valence-corrected chi connectivity index (χ1v) is 4.47. The van der Waals surface area contributed by atoms with Crippen molar-refractivity contribution in [1.29, 1.82) is 0 Å². The smallest absolute Gasteiger partial charge is 0.0757 e. The third kappa shape index (κ3) is 2.09. The number of nitrogens with zero attached hydrogens (tertiary/aromatic N) is 1. The van der Waals surface area contributed by atoms with Crippen LogP contribution in [0, 0.1) is 0 Å². The molecule has 1 rings (SSSR count). The molecule has 0 spiro atoms. The van der Waals surface area contributed by atoms with E-state index in [9.17, 15) is 0 Å². The van der Waals surface area contributed by atoms with Crippen molar-refractivity contribution in [1.82, 2.24) is 4.98 Å². The van der Waals surface area contributed by atoms with E-state index in [1.165, 1.54) is 0 Å². The minimum absolute atomic E-state index is 0.102. The molecule has 0 bridgehead atoms. The molecule has 1 aromatic rings. The number of hydrogen-bond donors (Lipinski definition) is 1. The largest absolute Gasteiger partial charge is 0.323 e. The number of nitrogens with two attached hydrogens (primary N) is 1. The monoisotopic (exact) mass is 204 g/mol. The van der Waals surface area contributed by atoms with E-state index in [4.69, 9.17) is 28.9 Å². The fraction of sp³-hybridized carbons (Fsp3) is 0.375. The Labute approximate surface area is 81.7 Å². The van der Waals surface area contributed by atoms with Crippen LogP contribution in [0.15, 0.2) is 12.3 Å². The number of aromatic nitrogens is 1. The Kier molecular flexibility index (Phi) is 3.32. The molecule has 1 heterocycles. The average molecular weight is 205 g/mol. The minimum Gasteiger partial charge on any atom is -0.323 e. The quantitative estimate of drug-likeness (QED) is 0.806. The predicted molar refractivity (Wildman–Crippen MR) is 51.5 cm³/mol. The van der Waals surface area contributed by atoms with E-state index in [2.05, 4.69) is 4.98 Å². The van der Waals surface area contributed by atoms with Gasteiger partial charge in [-0.25, -0.2) is 0 Å². The molecule has 0 aliphatic rings. The van der Waals surface area contributed by atoms with Crippen LogP contribution in [0.3, 0.4) is 0 Å². The van der Waals surface area contributed by atoms with Gasteiger partial charge in [0.1, 0.15) is 0 Å². The van der Waals surface area contributed by atoms with Gasteiger partial charge in [0.2, 0.25) is 0 Å². The molecule has 0 radical (unpaired) electrons. The highest BCUT2D eigenvalue weighted by Gasteiger charge is 2.09. The van der Waals surface area contributed by atoms with Gasteiger partial charge in [-0.2, -0.15) is 0 Å². The van der Waals surface area contributed by atoms with Crippen molar-refractivity contribution in [3.8, 4) is 0 Å². The molecule has 0 fully saturated rings. The standard InChI is InChI=1S/C8H10Cl2N2/c1-2-7(11)8-6(10)3-5(9)4-12-8/h3-4,7H,2,11H2,1H3. The summed E-state index contributed by atoms with van der Waals surface area (Å²) < 4.78 is 0. The van der Waals surface area contributed by atoms with Crippen molar-refractivity contribution < 1.29 is 0 Å². The van der Waals surface area contributed by atoms with E-state index in [0.717, 1.165) is 6.42 Å². The topological polar surface area (TPSA) is 38.9 Å². The first kappa shape index (κ1) is 9.78. The number of hydrogen-bond acceptors (Lipinski definition) is 2. The van der Waals surface area contributed by atoms with Crippen LogP contribution in [0.4, 0.5) is 0 Å². The highest BCUT2D eigenvalue weighted by atomic mass is 35.5. The summed E-state index contributed by atoms with van der Waals surface area (Å²) in [6.45, 7) is 1.98. The van der Waals surface area contributed by atoms with Crippen LogP contribution >= 0.6 is 23.2 Å². The summed E-state index contributed by atoms with van der Waals surface area (Å²) in [7, 11) is 0. The first-order chi connectivity index (χ1) is 5.65. The summed E-state index contributed by atoms with van der Waals surface area (Å²) in [5.74, 6) is 0. The Hall–Kier alpha value is -0.310. The zero-order valence-electron chi connectivity index (χ0n) is 6.72. The summed E-state index contributed by atoms with van der Waals surface area (Å²) in [6.07, 6.45) is 2.37. The van der Waals surface area contributed by atoms with Crippen LogP contribution in [0.5, 0.6) is 0 Å². The number of rotatable bonds is 2. The summed E-state index contributed by atoms with van der Waals surface area (Å²) in [5, 5.41) is 1.07. The summed E-state index contributed by atoms with van der Waals surface area (Å²) >= 11 is 11.6. The van der Waals surface area contributed by atoms with E-state index in [1.807, 2.05) is 6.92 Å². The lowest BCUT2D eigenvalue weighted by Crippen LogP contribution is -2.10.